The molecule has 2 N–H and O–H groups in total. The van der Waals surface area contributed by atoms with E-state index in [2.05, 4.69) is 28.6 Å². The standard InChI is InChI=1S/C20H18ClN3O/c1-13-6-7-19(14(2)8-13)23-18-9-15(11-22-12-18)20(25)24-17-5-3-4-16(21)10-17/h3-12,23H,1-2H3,(H,24,25). The Balaban J connectivity index is 1.77. The van der Waals surface area contributed by atoms with E-state index in [4.69, 9.17) is 11.6 Å². The highest BCUT2D eigenvalue weighted by molar-refractivity contribution is 6.31. The molecule has 2 aromatic carbocycles. The number of pyridine rings is 1. The number of aryl methyl sites for hydroxylation is 2. The van der Waals surface area contributed by atoms with Crippen LogP contribution in [-0.2, 0) is 0 Å². The van der Waals surface area contributed by atoms with Gasteiger partial charge >= 0.3 is 0 Å². The van der Waals surface area contributed by atoms with Crippen molar-refractivity contribution in [2.75, 3.05) is 10.6 Å². The van der Waals surface area contributed by atoms with Gasteiger partial charge in [0.15, 0.2) is 0 Å². The van der Waals surface area contributed by atoms with Gasteiger partial charge in [-0.3, -0.25) is 9.78 Å². The van der Waals surface area contributed by atoms with Crippen molar-refractivity contribution in [2.45, 2.75) is 13.8 Å². The first-order chi connectivity index (χ1) is 12.0. The Labute approximate surface area is 151 Å². The first kappa shape index (κ1) is 17.0. The Morgan fingerprint density at radius 2 is 1.84 bits per heavy atom. The van der Waals surface area contributed by atoms with Crippen molar-refractivity contribution < 1.29 is 4.79 Å². The molecule has 3 aromatic rings. The van der Waals surface area contributed by atoms with Crippen molar-refractivity contribution in [1.29, 1.82) is 0 Å². The normalized spacial score (nSPS) is 10.4. The van der Waals surface area contributed by atoms with E-state index in [-0.39, 0.29) is 5.91 Å². The average molecular weight is 352 g/mol. The van der Waals surface area contributed by atoms with Gasteiger partial charge in [-0.1, -0.05) is 35.4 Å². The van der Waals surface area contributed by atoms with Gasteiger partial charge in [0.25, 0.3) is 5.91 Å². The highest BCUT2D eigenvalue weighted by atomic mass is 35.5. The Hall–Kier alpha value is -2.85. The van der Waals surface area contributed by atoms with Crippen LogP contribution in [0.25, 0.3) is 0 Å². The molecular formula is C20H18ClN3O. The van der Waals surface area contributed by atoms with Gasteiger partial charge in [-0.15, -0.1) is 0 Å². The molecule has 0 saturated carbocycles. The van der Waals surface area contributed by atoms with Crippen LogP contribution in [0.4, 0.5) is 17.1 Å². The van der Waals surface area contributed by atoms with E-state index < -0.39 is 0 Å². The van der Waals surface area contributed by atoms with Gasteiger partial charge in [0.1, 0.15) is 0 Å². The van der Waals surface area contributed by atoms with E-state index in [1.54, 1.807) is 36.5 Å². The molecule has 0 aliphatic rings. The SMILES string of the molecule is Cc1ccc(Nc2cncc(C(=O)Nc3cccc(Cl)c3)c2)c(C)c1. The smallest absolute Gasteiger partial charge is 0.257 e. The molecule has 0 aliphatic heterocycles. The third kappa shape index (κ3) is 4.37. The summed E-state index contributed by atoms with van der Waals surface area (Å²) in [5.74, 6) is -0.237. The number of hydrogen-bond acceptors (Lipinski definition) is 3. The summed E-state index contributed by atoms with van der Waals surface area (Å²) in [6.45, 7) is 4.09. The number of anilines is 3. The van der Waals surface area contributed by atoms with Crippen molar-refractivity contribution in [1.82, 2.24) is 4.98 Å². The lowest BCUT2D eigenvalue weighted by molar-refractivity contribution is 0.102. The van der Waals surface area contributed by atoms with Crippen molar-refractivity contribution in [3.05, 3.63) is 82.6 Å². The number of nitrogens with zero attached hydrogens (tertiary/aromatic N) is 1. The zero-order valence-corrected chi connectivity index (χ0v) is 14.8. The monoisotopic (exact) mass is 351 g/mol. The molecule has 0 spiro atoms. The fourth-order valence-corrected chi connectivity index (χ4v) is 2.70. The summed E-state index contributed by atoms with van der Waals surface area (Å²) in [5.41, 5.74) is 5.19. The first-order valence-corrected chi connectivity index (χ1v) is 8.25. The molecule has 3 rings (SSSR count). The maximum atomic E-state index is 12.4. The van der Waals surface area contributed by atoms with Crippen LogP contribution in [0.1, 0.15) is 21.5 Å². The van der Waals surface area contributed by atoms with Crippen LogP contribution < -0.4 is 10.6 Å². The van der Waals surface area contributed by atoms with Crippen LogP contribution in [0.15, 0.2) is 60.9 Å². The number of carbonyl (C=O) groups is 1. The molecule has 4 nitrogen and oxygen atoms in total. The first-order valence-electron chi connectivity index (χ1n) is 7.87. The summed E-state index contributed by atoms with van der Waals surface area (Å²) in [6, 6.07) is 15.0. The van der Waals surface area contributed by atoms with Crippen LogP contribution in [0.3, 0.4) is 0 Å². The Kier molecular flexibility index (Phi) is 5.00. The van der Waals surface area contributed by atoms with E-state index in [0.717, 1.165) is 16.9 Å². The van der Waals surface area contributed by atoms with E-state index in [9.17, 15) is 4.79 Å². The number of aromatic nitrogens is 1. The lowest BCUT2D eigenvalue weighted by Gasteiger charge is -2.11. The molecule has 0 atom stereocenters. The summed E-state index contributed by atoms with van der Waals surface area (Å²) in [7, 11) is 0. The second-order valence-corrected chi connectivity index (χ2v) is 6.31. The van der Waals surface area contributed by atoms with Crippen LogP contribution >= 0.6 is 11.6 Å². The van der Waals surface area contributed by atoms with Crippen molar-refractivity contribution in [3.63, 3.8) is 0 Å². The number of rotatable bonds is 4. The Bertz CT molecular complexity index is 924. The predicted molar refractivity (Wildman–Crippen MR) is 103 cm³/mol. The molecule has 0 bridgehead atoms. The third-order valence-corrected chi connectivity index (χ3v) is 3.98. The van der Waals surface area contributed by atoms with Gasteiger partial charge in [-0.2, -0.15) is 0 Å². The van der Waals surface area contributed by atoms with Gasteiger partial charge < -0.3 is 10.6 Å². The highest BCUT2D eigenvalue weighted by Gasteiger charge is 2.09. The summed E-state index contributed by atoms with van der Waals surface area (Å²) in [5, 5.41) is 6.69. The largest absolute Gasteiger partial charge is 0.354 e. The maximum Gasteiger partial charge on any atom is 0.257 e. The van der Waals surface area contributed by atoms with Gasteiger partial charge in [-0.25, -0.2) is 0 Å². The Morgan fingerprint density at radius 1 is 1.00 bits per heavy atom. The van der Waals surface area contributed by atoms with Gasteiger partial charge in [0.05, 0.1) is 17.4 Å². The topological polar surface area (TPSA) is 54.0 Å². The quantitative estimate of drug-likeness (QED) is 0.666. The van der Waals surface area contributed by atoms with E-state index in [1.807, 2.05) is 19.1 Å². The summed E-state index contributed by atoms with van der Waals surface area (Å²) in [6.07, 6.45) is 3.22. The molecular weight excluding hydrogens is 334 g/mol. The summed E-state index contributed by atoms with van der Waals surface area (Å²) < 4.78 is 0. The van der Waals surface area contributed by atoms with Crippen LogP contribution in [0.2, 0.25) is 5.02 Å². The molecule has 0 aliphatic carbocycles. The molecule has 1 amide bonds. The number of halogens is 1. The van der Waals surface area contributed by atoms with Gasteiger partial charge in [0.2, 0.25) is 0 Å². The van der Waals surface area contributed by atoms with E-state index in [0.29, 0.717) is 16.3 Å². The van der Waals surface area contributed by atoms with Crippen molar-refractivity contribution >= 4 is 34.6 Å². The maximum absolute atomic E-state index is 12.4. The third-order valence-electron chi connectivity index (χ3n) is 3.74. The van der Waals surface area contributed by atoms with E-state index >= 15 is 0 Å². The fourth-order valence-electron chi connectivity index (χ4n) is 2.51. The van der Waals surface area contributed by atoms with Crippen LogP contribution in [0.5, 0.6) is 0 Å². The van der Waals surface area contributed by atoms with Crippen LogP contribution in [0, 0.1) is 13.8 Å². The number of nitrogens with one attached hydrogen (secondary N) is 2. The molecule has 1 aromatic heterocycles. The fraction of sp³-hybridized carbons (Fsp3) is 0.100. The average Bonchev–Trinajstić information content (AvgIpc) is 2.58. The van der Waals surface area contributed by atoms with Crippen molar-refractivity contribution in [2.24, 2.45) is 0 Å². The zero-order valence-electron chi connectivity index (χ0n) is 14.0. The highest BCUT2D eigenvalue weighted by Crippen LogP contribution is 2.22. The second-order valence-electron chi connectivity index (χ2n) is 5.87. The minimum atomic E-state index is -0.237. The summed E-state index contributed by atoms with van der Waals surface area (Å²) >= 11 is 5.94. The molecule has 25 heavy (non-hydrogen) atoms. The molecule has 126 valence electrons. The minimum Gasteiger partial charge on any atom is -0.354 e. The molecule has 5 heteroatoms. The molecule has 0 fully saturated rings. The lowest BCUT2D eigenvalue weighted by atomic mass is 10.1. The zero-order chi connectivity index (χ0) is 17.8. The molecule has 0 unspecified atom stereocenters. The van der Waals surface area contributed by atoms with Gasteiger partial charge in [0, 0.05) is 22.6 Å². The second kappa shape index (κ2) is 7.36. The lowest BCUT2D eigenvalue weighted by Crippen LogP contribution is -2.12. The van der Waals surface area contributed by atoms with Gasteiger partial charge in [-0.05, 0) is 49.7 Å². The number of carbonyl (C=O) groups excluding carboxylic acids is 1. The molecule has 1 heterocycles. The van der Waals surface area contributed by atoms with E-state index in [1.165, 1.54) is 11.8 Å². The summed E-state index contributed by atoms with van der Waals surface area (Å²) in [4.78, 5) is 16.6. The number of amides is 1. The minimum absolute atomic E-state index is 0.237. The molecule has 0 radical (unpaired) electrons. The van der Waals surface area contributed by atoms with Crippen LogP contribution in [-0.4, -0.2) is 10.9 Å². The number of benzene rings is 2. The Morgan fingerprint density at radius 3 is 2.60 bits per heavy atom. The van der Waals surface area contributed by atoms with Crippen molar-refractivity contribution in [3.8, 4) is 0 Å². The number of hydrogen-bond donors (Lipinski definition) is 2. The molecule has 0 saturated heterocycles. The predicted octanol–water partition coefficient (Wildman–Crippen LogP) is 5.35.